The van der Waals surface area contributed by atoms with E-state index in [1.165, 1.54) is 76.2 Å². The van der Waals surface area contributed by atoms with Crippen molar-refractivity contribution in [1.29, 1.82) is 0 Å². The lowest BCUT2D eigenvalue weighted by Gasteiger charge is -2.51. The summed E-state index contributed by atoms with van der Waals surface area (Å²) in [5.41, 5.74) is 2.29. The van der Waals surface area contributed by atoms with E-state index >= 15 is 0 Å². The van der Waals surface area contributed by atoms with E-state index in [-0.39, 0.29) is 52.7 Å². The highest BCUT2D eigenvalue weighted by Gasteiger charge is 2.51. The summed E-state index contributed by atoms with van der Waals surface area (Å²) in [6, 6.07) is 27.4. The summed E-state index contributed by atoms with van der Waals surface area (Å²) >= 11 is 6.41. The number of benzene rings is 2. The number of hydrogen-bond acceptors (Lipinski definition) is 12. The van der Waals surface area contributed by atoms with Gasteiger partial charge in [-0.05, 0) is 216 Å². The van der Waals surface area contributed by atoms with Crippen molar-refractivity contribution in [3.63, 3.8) is 0 Å². The van der Waals surface area contributed by atoms with Crippen molar-refractivity contribution in [2.24, 2.45) is 0 Å². The van der Waals surface area contributed by atoms with Crippen LogP contribution >= 0.6 is 11.6 Å². The van der Waals surface area contributed by atoms with Crippen LogP contribution in [-0.4, -0.2) is 177 Å². The van der Waals surface area contributed by atoms with Crippen molar-refractivity contribution in [3.8, 4) is 5.75 Å². The van der Waals surface area contributed by atoms with Crippen molar-refractivity contribution < 1.29 is 60.1 Å². The Morgan fingerprint density at radius 1 is 0.582 bits per heavy atom. The zero-order valence-electron chi connectivity index (χ0n) is 56.7. The molecule has 2 aromatic carbocycles. The highest BCUT2D eigenvalue weighted by molar-refractivity contribution is 7.92. The van der Waals surface area contributed by atoms with Crippen LogP contribution in [0.5, 0.6) is 5.75 Å². The van der Waals surface area contributed by atoms with E-state index < -0.39 is 50.3 Å². The number of hydrogen-bond donors (Lipinski definition) is 1. The van der Waals surface area contributed by atoms with Gasteiger partial charge in [0.2, 0.25) is 0 Å². The van der Waals surface area contributed by atoms with Gasteiger partial charge < -0.3 is 38.0 Å². The maximum Gasteiger partial charge on any atom is 0.456 e. The number of nitrogens with zero attached hydrogens (tertiary/aromatic N) is 10. The van der Waals surface area contributed by atoms with Crippen LogP contribution in [0.3, 0.4) is 0 Å². The molecule has 5 fully saturated rings. The average molecular weight is 1400 g/mol. The first-order chi connectivity index (χ1) is 46.2. The van der Waals surface area contributed by atoms with Crippen molar-refractivity contribution in [3.05, 3.63) is 154 Å². The normalized spacial score (nSPS) is 20.7. The minimum Gasteiger partial charge on any atom is -0.487 e. The minimum atomic E-state index is -4.96. The van der Waals surface area contributed by atoms with Crippen LogP contribution in [0.15, 0.2) is 108 Å². The third-order valence-electron chi connectivity index (χ3n) is 21.3. The molecule has 4 saturated heterocycles. The first kappa shape index (κ1) is 70.7. The largest absolute Gasteiger partial charge is 0.487 e. The van der Waals surface area contributed by atoms with Crippen molar-refractivity contribution in [1.82, 2.24) is 48.5 Å². The molecule has 8 aliphatic rings. The van der Waals surface area contributed by atoms with Crippen LogP contribution in [0.2, 0.25) is 5.15 Å². The van der Waals surface area contributed by atoms with Gasteiger partial charge in [0.05, 0.1) is 38.7 Å². The second kappa shape index (κ2) is 26.7. The van der Waals surface area contributed by atoms with Gasteiger partial charge in [-0.3, -0.25) is 34.3 Å². The van der Waals surface area contributed by atoms with Crippen LogP contribution < -0.4 is 15.0 Å². The number of likely N-dealkylation sites (N-methyl/N-ethyl adjacent to an activating group) is 2. The fourth-order valence-corrected chi connectivity index (χ4v) is 17.9. The zero-order valence-corrected chi connectivity index (χ0v) is 58.3. The summed E-state index contributed by atoms with van der Waals surface area (Å²) < 4.78 is 116. The third kappa shape index (κ3) is 14.0. The number of pyridine rings is 1. The van der Waals surface area contributed by atoms with Gasteiger partial charge in [0.15, 0.2) is 9.84 Å². The van der Waals surface area contributed by atoms with E-state index in [0.717, 1.165) is 62.8 Å². The van der Waals surface area contributed by atoms with E-state index in [1.807, 2.05) is 64.8 Å². The molecule has 1 saturated carbocycles. The molecule has 26 heteroatoms. The molecule has 530 valence electrons. The Hall–Kier alpha value is -7.19. The number of rotatable bonds is 8. The lowest BCUT2D eigenvalue weighted by atomic mass is 9.79. The molecule has 3 amide bonds. The number of anilines is 1. The summed E-state index contributed by atoms with van der Waals surface area (Å²) in [4.78, 5) is 68.3. The molecule has 4 aromatic heterocycles. The number of nitrogens with one attached hydrogen (secondary N) is 1. The Balaban J connectivity index is 0.000000150. The summed E-state index contributed by atoms with van der Waals surface area (Å²) in [6.45, 7) is 18.0. The summed E-state index contributed by atoms with van der Waals surface area (Å²) in [6.07, 6.45) is 1.35. The van der Waals surface area contributed by atoms with Crippen LogP contribution in [0.25, 0.3) is 0 Å². The first-order valence-corrected chi connectivity index (χ1v) is 36.0. The molecule has 0 bridgehead atoms. The molecular formula is C72H90ClF6N11O7S. The Bertz CT molecular complexity index is 4040. The van der Waals surface area contributed by atoms with Gasteiger partial charge in [-0.15, -0.1) is 0 Å². The molecule has 7 aliphatic heterocycles. The molecule has 11 heterocycles. The maximum absolute atomic E-state index is 13.4. The quantitative estimate of drug-likeness (QED) is 0.113. The van der Waals surface area contributed by atoms with Gasteiger partial charge in [-0.2, -0.15) is 26.3 Å². The maximum atomic E-state index is 13.4. The van der Waals surface area contributed by atoms with E-state index in [9.17, 15) is 53.9 Å². The molecule has 0 atom stereocenters. The van der Waals surface area contributed by atoms with Gasteiger partial charge in [0.25, 0.3) is 23.5 Å². The summed E-state index contributed by atoms with van der Waals surface area (Å²) in [5, 5.41) is 4.08. The predicted octanol–water partition coefficient (Wildman–Crippen LogP) is 12.3. The number of likely N-dealkylation sites (tertiary alicyclic amines) is 3. The van der Waals surface area contributed by atoms with E-state index in [4.69, 9.17) is 16.3 Å². The minimum absolute atomic E-state index is 0. The summed E-state index contributed by atoms with van der Waals surface area (Å²) in [5.74, 6) is -1.51. The molecule has 0 unspecified atom stereocenters. The molecule has 98 heavy (non-hydrogen) atoms. The van der Waals surface area contributed by atoms with Crippen LogP contribution in [0.1, 0.15) is 171 Å². The van der Waals surface area contributed by atoms with Crippen LogP contribution in [0.4, 0.5) is 32.0 Å². The number of amides is 3. The van der Waals surface area contributed by atoms with Crippen molar-refractivity contribution in [2.75, 3.05) is 84.4 Å². The molecule has 1 N–H and O–H groups in total. The SMILES string of the molecule is CC1(C)Cn2c(C(=O)C(F)(F)F)ccc2C2(CCN(C(=O)c3ccc(S(=O)(=O)C4CC4)cc3)CC2)N1.CN1CCn2c(C(F)(F)F)ccc2C12CCN(C(=O)c1ccc(OC(C)(C)C)cn1)CC2.CN1CCn2c(Cl)ccc2C12CCN(C(=O)c1ccc(N3CCCCC3)cc1)CC2.[HH]. The molecule has 14 rings (SSSR count). The number of fused-ring (bicyclic) bond motifs is 6. The molecule has 3 spiro atoms. The van der Waals surface area contributed by atoms with E-state index in [1.54, 1.807) is 40.3 Å². The number of carbonyl (C=O) groups excluding carboxylic acids is 4. The lowest BCUT2D eigenvalue weighted by Crippen LogP contribution is -2.63. The fraction of sp³-hybridized carbons (Fsp3) is 0.542. The van der Waals surface area contributed by atoms with Crippen molar-refractivity contribution >= 4 is 50.6 Å². The Kier molecular flexibility index (Phi) is 19.3. The third-order valence-corrected chi connectivity index (χ3v) is 23.9. The van der Waals surface area contributed by atoms with Gasteiger partial charge in [-0.1, -0.05) is 11.6 Å². The van der Waals surface area contributed by atoms with Gasteiger partial charge in [-0.25, -0.2) is 13.4 Å². The second-order valence-electron chi connectivity index (χ2n) is 29.3. The number of ketones is 1. The molecular weight excluding hydrogens is 1310 g/mol. The molecule has 18 nitrogen and oxygen atoms in total. The average Bonchev–Trinajstić information content (AvgIpc) is 1.70. The predicted molar refractivity (Wildman–Crippen MR) is 363 cm³/mol. The zero-order chi connectivity index (χ0) is 70.1. The number of Topliss-reactive ketones (excluding diaryl/α,β-unsaturated/α-hetero) is 1. The Labute approximate surface area is 575 Å². The number of halogens is 7. The highest BCUT2D eigenvalue weighted by atomic mass is 35.5. The highest BCUT2D eigenvalue weighted by Crippen LogP contribution is 2.47. The van der Waals surface area contributed by atoms with Gasteiger partial charge in [0, 0.05) is 126 Å². The Morgan fingerprint density at radius 2 is 1.09 bits per heavy atom. The van der Waals surface area contributed by atoms with Gasteiger partial charge >= 0.3 is 12.4 Å². The first-order valence-electron chi connectivity index (χ1n) is 34.1. The molecule has 0 radical (unpaired) electrons. The fourth-order valence-electron chi connectivity index (χ4n) is 16.0. The smallest absolute Gasteiger partial charge is 0.456 e. The number of piperidine rings is 4. The van der Waals surface area contributed by atoms with E-state index in [2.05, 4.69) is 54.8 Å². The molecule has 1 aliphatic carbocycles. The standard InChI is InChI=1S/C25H28F3N3O4S.C24H31ClN4O.C23H29F3N4O2.H2/c1-23(2)15-31-19(21(32)25(26,27)28)9-10-20(31)24(29-23)11-13-30(14-12-24)22(33)16-3-5-17(6-4-16)36(34,35)18-7-8-18;1-26-17-18-29-21(9-10-22(29)25)24(26)11-15-28(16-12-24)23(30)19-5-7-20(8-6-19)27-13-3-2-4-14-27;1-21(2,3)32-16-5-6-17(27-15-16)20(31)29-11-9-22(10-12-29)18-7-8-19(23(24,25)26)30(18)14-13-28(22)4;/h3-6,9-10,18,29H,7-8,11-15H2,1-2H3;5-10H,2-4,11-18H2,1H3;5-8,15H,9-14H2,1-4H3;1H. The van der Waals surface area contributed by atoms with Crippen LogP contribution in [-0.2, 0) is 52.3 Å². The second-order valence-corrected chi connectivity index (χ2v) is 31.9. The number of ether oxygens (including phenoxy) is 1. The number of sulfone groups is 1. The summed E-state index contributed by atoms with van der Waals surface area (Å²) in [7, 11) is 0.830. The van der Waals surface area contributed by atoms with E-state index in [0.29, 0.717) is 106 Å². The van der Waals surface area contributed by atoms with Crippen molar-refractivity contribution in [2.45, 2.75) is 175 Å². The number of alkyl halides is 6. The Morgan fingerprint density at radius 3 is 1.61 bits per heavy atom. The number of carbonyl (C=O) groups is 4. The van der Waals surface area contributed by atoms with Gasteiger partial charge in [0.1, 0.15) is 27.9 Å². The number of aromatic nitrogens is 4. The monoisotopic (exact) mass is 1400 g/mol. The topological polar surface area (TPSA) is 171 Å². The lowest BCUT2D eigenvalue weighted by molar-refractivity contribution is -0.144. The van der Waals surface area contributed by atoms with Crippen LogP contribution in [0, 0.1) is 0 Å². The molecule has 6 aromatic rings.